The Bertz CT molecular complexity index is 1260. The van der Waals surface area contributed by atoms with E-state index < -0.39 is 11.0 Å². The first-order chi connectivity index (χ1) is 18.4. The maximum atomic E-state index is 12.8. The molecule has 6 rings (SSSR count). The number of rotatable bonds is 8. The van der Waals surface area contributed by atoms with Crippen LogP contribution in [0.4, 0.5) is 10.8 Å². The molecule has 11 heteroatoms. The van der Waals surface area contributed by atoms with Gasteiger partial charge in [0.15, 0.2) is 5.13 Å². The van der Waals surface area contributed by atoms with Gasteiger partial charge in [-0.15, -0.1) is 11.3 Å². The van der Waals surface area contributed by atoms with Crippen LogP contribution in [0.1, 0.15) is 51.0 Å². The second kappa shape index (κ2) is 12.8. The van der Waals surface area contributed by atoms with Crippen LogP contribution in [0.2, 0.25) is 0 Å². The Kier molecular flexibility index (Phi) is 9.48. The minimum absolute atomic E-state index is 0.0285. The lowest BCUT2D eigenvalue weighted by Gasteiger charge is -2.44. The summed E-state index contributed by atoms with van der Waals surface area (Å²) in [7, 11) is -1.61. The molecule has 3 fully saturated rings. The highest BCUT2D eigenvalue weighted by Crippen LogP contribution is 2.33. The second-order valence-electron chi connectivity index (χ2n) is 9.43. The first kappa shape index (κ1) is 28.2. The van der Waals surface area contributed by atoms with Crippen LogP contribution in [0.5, 0.6) is 5.75 Å². The van der Waals surface area contributed by atoms with E-state index in [0.29, 0.717) is 33.1 Å². The van der Waals surface area contributed by atoms with Crippen molar-refractivity contribution >= 4 is 39.0 Å². The van der Waals surface area contributed by atoms with Crippen molar-refractivity contribution in [1.29, 1.82) is 0 Å². The van der Waals surface area contributed by atoms with Crippen LogP contribution >= 0.6 is 11.3 Å². The Morgan fingerprint density at radius 1 is 1.21 bits per heavy atom. The van der Waals surface area contributed by atoms with E-state index in [4.69, 9.17) is 9.88 Å². The molecule has 204 valence electrons. The number of aromatic nitrogens is 2. The van der Waals surface area contributed by atoms with Crippen LogP contribution in [0.25, 0.3) is 11.3 Å². The third kappa shape index (κ3) is 6.76. The average molecular weight is 557 g/mol. The minimum atomic E-state index is -1.61. The van der Waals surface area contributed by atoms with Gasteiger partial charge >= 0.3 is 0 Å². The minimum Gasteiger partial charge on any atom is -0.489 e. The highest BCUT2D eigenvalue weighted by molar-refractivity contribution is 7.82. The molecule has 9 nitrogen and oxygen atoms in total. The summed E-state index contributed by atoms with van der Waals surface area (Å²) in [4.78, 5) is 24.7. The Morgan fingerprint density at radius 3 is 2.58 bits per heavy atom. The number of anilines is 2. The number of ether oxygens (including phenoxy) is 1. The first-order valence-electron chi connectivity index (χ1n) is 13.0. The van der Waals surface area contributed by atoms with Gasteiger partial charge in [-0.05, 0) is 76.0 Å². The highest BCUT2D eigenvalue weighted by atomic mass is 32.2. The van der Waals surface area contributed by atoms with Crippen molar-refractivity contribution in [2.45, 2.75) is 57.6 Å². The fraction of sp³-hybridized carbons (Fsp3) is 0.444. The Morgan fingerprint density at radius 2 is 1.97 bits per heavy atom. The zero-order valence-corrected chi connectivity index (χ0v) is 23.9. The van der Waals surface area contributed by atoms with Crippen molar-refractivity contribution in [1.82, 2.24) is 20.2 Å². The molecule has 3 aliphatic heterocycles. The number of amides is 1. The maximum absolute atomic E-state index is 12.8. The summed E-state index contributed by atoms with van der Waals surface area (Å²) < 4.78 is 17.6. The number of nitrogens with zero attached hydrogens (tertiary/aromatic N) is 3. The van der Waals surface area contributed by atoms with E-state index in [1.54, 1.807) is 30.5 Å². The van der Waals surface area contributed by atoms with Gasteiger partial charge in [-0.25, -0.2) is 14.3 Å². The van der Waals surface area contributed by atoms with Crippen LogP contribution < -0.4 is 20.5 Å². The molecule has 3 saturated heterocycles. The predicted molar refractivity (Wildman–Crippen MR) is 153 cm³/mol. The van der Waals surface area contributed by atoms with Crippen LogP contribution in [-0.4, -0.2) is 56.8 Å². The molecule has 0 spiro atoms. The quantitative estimate of drug-likeness (QED) is 0.372. The molecule has 38 heavy (non-hydrogen) atoms. The number of hydrogen-bond acceptors (Lipinski definition) is 8. The van der Waals surface area contributed by atoms with Gasteiger partial charge < -0.3 is 20.3 Å². The summed E-state index contributed by atoms with van der Waals surface area (Å²) in [6.07, 6.45) is 3.95. The van der Waals surface area contributed by atoms with Gasteiger partial charge in [0, 0.05) is 29.7 Å². The van der Waals surface area contributed by atoms with Crippen molar-refractivity contribution in [3.05, 3.63) is 47.6 Å². The molecule has 0 aliphatic carbocycles. The molecule has 0 saturated carbocycles. The SMILES string of the molecule is CC.CC(C)Oc1ccc(S(N)=O)cc1Nc1nc(-c2ccc(C(=O)NC3CN4CCC3CC4)nc2)cs1. The third-order valence-electron chi connectivity index (χ3n) is 6.56. The molecular weight excluding hydrogens is 520 g/mol. The topological polar surface area (TPSA) is 122 Å². The molecule has 4 N–H and O–H groups in total. The largest absolute Gasteiger partial charge is 0.489 e. The van der Waals surface area contributed by atoms with Gasteiger partial charge in [0.1, 0.15) is 22.4 Å². The molecule has 2 aromatic heterocycles. The van der Waals surface area contributed by atoms with Crippen LogP contribution in [0.3, 0.4) is 0 Å². The second-order valence-corrected chi connectivity index (χ2v) is 11.4. The van der Waals surface area contributed by atoms with E-state index in [0.717, 1.165) is 43.7 Å². The number of carbonyl (C=O) groups excluding carboxylic acids is 1. The Balaban J connectivity index is 0.00000164. The Hall–Kier alpha value is -2.86. The van der Waals surface area contributed by atoms with E-state index in [1.807, 2.05) is 39.1 Å². The summed E-state index contributed by atoms with van der Waals surface area (Å²) in [5, 5.41) is 14.6. The number of pyridine rings is 1. The maximum Gasteiger partial charge on any atom is 0.270 e. The normalized spacial score (nSPS) is 20.8. The molecule has 1 amide bonds. The fourth-order valence-electron chi connectivity index (χ4n) is 4.72. The van der Waals surface area contributed by atoms with Gasteiger partial charge in [0.05, 0.1) is 22.4 Å². The van der Waals surface area contributed by atoms with Crippen molar-refractivity contribution in [3.8, 4) is 17.0 Å². The number of thiazole rings is 1. The molecule has 1 aromatic carbocycles. The van der Waals surface area contributed by atoms with E-state index in [-0.39, 0.29) is 18.1 Å². The summed E-state index contributed by atoms with van der Waals surface area (Å²) in [5.41, 5.74) is 2.60. The van der Waals surface area contributed by atoms with Crippen molar-refractivity contribution in [2.24, 2.45) is 11.1 Å². The van der Waals surface area contributed by atoms with Crippen molar-refractivity contribution < 1.29 is 13.7 Å². The average Bonchev–Trinajstić information content (AvgIpc) is 3.40. The van der Waals surface area contributed by atoms with E-state index in [1.165, 1.54) is 11.3 Å². The van der Waals surface area contributed by atoms with Gasteiger partial charge in [-0.2, -0.15) is 0 Å². The number of carbonyl (C=O) groups is 1. The van der Waals surface area contributed by atoms with E-state index >= 15 is 0 Å². The van der Waals surface area contributed by atoms with Crippen molar-refractivity contribution in [2.75, 3.05) is 25.0 Å². The number of fused-ring (bicyclic) bond motifs is 3. The third-order valence-corrected chi connectivity index (χ3v) is 8.03. The Labute approximate surface area is 230 Å². The summed E-state index contributed by atoms with van der Waals surface area (Å²) in [6.45, 7) is 11.1. The molecule has 2 bridgehead atoms. The van der Waals surface area contributed by atoms with E-state index in [2.05, 4.69) is 25.5 Å². The van der Waals surface area contributed by atoms with Gasteiger partial charge in [0.25, 0.3) is 5.91 Å². The van der Waals surface area contributed by atoms with Crippen LogP contribution in [0.15, 0.2) is 46.8 Å². The molecule has 5 heterocycles. The lowest BCUT2D eigenvalue weighted by Crippen LogP contribution is -2.57. The predicted octanol–water partition coefficient (Wildman–Crippen LogP) is 4.57. The number of nitrogens with one attached hydrogen (secondary N) is 2. The first-order valence-corrected chi connectivity index (χ1v) is 15.1. The summed E-state index contributed by atoms with van der Waals surface area (Å²) in [5.74, 6) is 1.06. The number of nitrogens with two attached hydrogens (primary N) is 1. The zero-order chi connectivity index (χ0) is 27.2. The smallest absolute Gasteiger partial charge is 0.270 e. The molecule has 3 aromatic rings. The highest BCUT2D eigenvalue weighted by Gasteiger charge is 2.35. The van der Waals surface area contributed by atoms with Crippen LogP contribution in [-0.2, 0) is 11.0 Å². The molecule has 3 aliphatic rings. The lowest BCUT2D eigenvalue weighted by atomic mass is 9.84. The molecule has 0 radical (unpaired) electrons. The number of benzene rings is 1. The van der Waals surface area contributed by atoms with Gasteiger partial charge in [-0.1, -0.05) is 13.8 Å². The van der Waals surface area contributed by atoms with Crippen LogP contribution in [0, 0.1) is 5.92 Å². The van der Waals surface area contributed by atoms with Gasteiger partial charge in [0.2, 0.25) is 0 Å². The summed E-state index contributed by atoms with van der Waals surface area (Å²) in [6, 6.07) is 8.95. The number of piperidine rings is 3. The van der Waals surface area contributed by atoms with E-state index in [9.17, 15) is 9.00 Å². The summed E-state index contributed by atoms with van der Waals surface area (Å²) >= 11 is 1.43. The monoisotopic (exact) mass is 556 g/mol. The molecular formula is C27H36N6O3S2. The zero-order valence-electron chi connectivity index (χ0n) is 22.3. The van der Waals surface area contributed by atoms with Gasteiger partial charge in [-0.3, -0.25) is 9.78 Å². The fourth-order valence-corrected chi connectivity index (χ4v) is 5.89. The lowest BCUT2D eigenvalue weighted by molar-refractivity contribution is 0.0618. The molecule has 2 unspecified atom stereocenters. The van der Waals surface area contributed by atoms with Crippen molar-refractivity contribution in [3.63, 3.8) is 0 Å². The standard InChI is InChI=1S/C25H30N6O3S2.C2H6/c1-15(2)34-23-6-4-18(36(26)33)11-20(23)29-25-30-22(14-35-25)17-3-5-19(27-12-17)24(32)28-21-13-31-9-7-16(21)8-10-31;1-2/h3-6,11-12,14-16,21H,7-10,13,26H2,1-2H3,(H,28,32)(H,29,30);1-2H3. The molecule has 2 atom stereocenters. The number of hydrogen-bond donors (Lipinski definition) is 3.